The first-order valence-corrected chi connectivity index (χ1v) is 7.35. The molecule has 1 fully saturated rings. The highest BCUT2D eigenvalue weighted by atomic mass is 16.5. The molecule has 0 radical (unpaired) electrons. The van der Waals surface area contributed by atoms with Crippen molar-refractivity contribution in [3.05, 3.63) is 29.8 Å². The zero-order chi connectivity index (χ0) is 15.2. The van der Waals surface area contributed by atoms with Gasteiger partial charge in [-0.15, -0.1) is 0 Å². The van der Waals surface area contributed by atoms with Crippen LogP contribution in [0.3, 0.4) is 0 Å². The molecule has 1 N–H and O–H groups in total. The van der Waals surface area contributed by atoms with Crippen LogP contribution < -0.4 is 10.1 Å². The van der Waals surface area contributed by atoms with Crippen LogP contribution in [0.2, 0.25) is 0 Å². The number of hydrogen-bond acceptors (Lipinski definition) is 3. The second-order valence-electron chi connectivity index (χ2n) is 5.27. The van der Waals surface area contributed by atoms with Gasteiger partial charge in [-0.1, -0.05) is 25.5 Å². The normalized spacial score (nSPS) is 19.1. The van der Waals surface area contributed by atoms with Gasteiger partial charge in [0.15, 0.2) is 0 Å². The number of rotatable bonds is 5. The Morgan fingerprint density at radius 2 is 2.19 bits per heavy atom. The Morgan fingerprint density at radius 1 is 1.38 bits per heavy atom. The van der Waals surface area contributed by atoms with Crippen molar-refractivity contribution in [1.29, 1.82) is 0 Å². The first kappa shape index (κ1) is 15.4. The summed E-state index contributed by atoms with van der Waals surface area (Å²) in [5.41, 5.74) is 1.01. The number of hydrogen-bond donors (Lipinski definition) is 1. The molecule has 114 valence electrons. The van der Waals surface area contributed by atoms with Gasteiger partial charge in [0.1, 0.15) is 11.8 Å². The molecule has 1 aromatic rings. The summed E-state index contributed by atoms with van der Waals surface area (Å²) in [6.07, 6.45) is 1.90. The molecule has 0 aromatic heterocycles. The Morgan fingerprint density at radius 3 is 2.90 bits per heavy atom. The molecule has 0 aliphatic carbocycles. The van der Waals surface area contributed by atoms with E-state index in [4.69, 9.17) is 4.74 Å². The van der Waals surface area contributed by atoms with E-state index in [1.807, 2.05) is 31.2 Å². The maximum Gasteiger partial charge on any atom is 0.245 e. The predicted octanol–water partition coefficient (Wildman–Crippen LogP) is 1.71. The Kier molecular flexibility index (Phi) is 5.20. The molecule has 1 heterocycles. The van der Waals surface area contributed by atoms with Crippen molar-refractivity contribution in [2.45, 2.75) is 38.8 Å². The predicted molar refractivity (Wildman–Crippen MR) is 79.9 cm³/mol. The second-order valence-corrected chi connectivity index (χ2v) is 5.27. The molecule has 5 heteroatoms. The van der Waals surface area contributed by atoms with Crippen molar-refractivity contribution in [2.75, 3.05) is 13.7 Å². The molecule has 2 amide bonds. The molecule has 1 aliphatic rings. The van der Waals surface area contributed by atoms with Crippen LogP contribution in [0.15, 0.2) is 24.3 Å². The SMILES string of the molecule is CCCC1NC(=O)CCN(Cc2cccc(OC)c2)C1=O. The van der Waals surface area contributed by atoms with Crippen molar-refractivity contribution in [3.8, 4) is 5.75 Å². The number of ether oxygens (including phenoxy) is 1. The van der Waals surface area contributed by atoms with E-state index in [1.165, 1.54) is 0 Å². The molecule has 1 unspecified atom stereocenters. The van der Waals surface area contributed by atoms with E-state index in [9.17, 15) is 9.59 Å². The number of nitrogens with zero attached hydrogens (tertiary/aromatic N) is 1. The molecule has 1 saturated heterocycles. The summed E-state index contributed by atoms with van der Waals surface area (Å²) in [6, 6.07) is 7.27. The fraction of sp³-hybridized carbons (Fsp3) is 0.500. The number of carbonyl (C=O) groups excluding carboxylic acids is 2. The molecule has 1 atom stereocenters. The third kappa shape index (κ3) is 3.97. The number of methoxy groups -OCH3 is 1. The van der Waals surface area contributed by atoms with E-state index >= 15 is 0 Å². The highest BCUT2D eigenvalue weighted by Crippen LogP contribution is 2.17. The maximum absolute atomic E-state index is 12.5. The number of benzene rings is 1. The van der Waals surface area contributed by atoms with Crippen LogP contribution in [0.4, 0.5) is 0 Å². The van der Waals surface area contributed by atoms with E-state index < -0.39 is 6.04 Å². The first-order chi connectivity index (χ1) is 10.1. The van der Waals surface area contributed by atoms with Gasteiger partial charge in [-0.05, 0) is 24.1 Å². The van der Waals surface area contributed by atoms with Crippen LogP contribution in [0.25, 0.3) is 0 Å². The Labute approximate surface area is 125 Å². The van der Waals surface area contributed by atoms with Gasteiger partial charge in [0, 0.05) is 19.5 Å². The van der Waals surface area contributed by atoms with Crippen molar-refractivity contribution >= 4 is 11.8 Å². The highest BCUT2D eigenvalue weighted by Gasteiger charge is 2.29. The lowest BCUT2D eigenvalue weighted by Gasteiger charge is -2.24. The van der Waals surface area contributed by atoms with Gasteiger partial charge in [0.25, 0.3) is 0 Å². The quantitative estimate of drug-likeness (QED) is 0.898. The summed E-state index contributed by atoms with van der Waals surface area (Å²) in [5, 5.41) is 2.81. The molecule has 1 aromatic carbocycles. The van der Waals surface area contributed by atoms with Crippen LogP contribution in [0, 0.1) is 0 Å². The molecule has 0 saturated carbocycles. The van der Waals surface area contributed by atoms with Crippen LogP contribution in [0.1, 0.15) is 31.7 Å². The Balaban J connectivity index is 2.12. The summed E-state index contributed by atoms with van der Waals surface area (Å²) in [4.78, 5) is 26.0. The topological polar surface area (TPSA) is 58.6 Å². The third-order valence-electron chi connectivity index (χ3n) is 3.64. The molecular weight excluding hydrogens is 268 g/mol. The summed E-state index contributed by atoms with van der Waals surface area (Å²) in [7, 11) is 1.62. The average Bonchev–Trinajstić information content (AvgIpc) is 2.62. The summed E-state index contributed by atoms with van der Waals surface area (Å²) in [6.45, 7) is 2.98. The standard InChI is InChI=1S/C16H22N2O3/c1-3-5-14-16(20)18(9-8-15(19)17-14)11-12-6-4-7-13(10-12)21-2/h4,6-7,10,14H,3,5,8-9,11H2,1-2H3,(H,17,19). The maximum atomic E-state index is 12.5. The van der Waals surface area contributed by atoms with Crippen molar-refractivity contribution in [3.63, 3.8) is 0 Å². The van der Waals surface area contributed by atoms with Crippen LogP contribution >= 0.6 is 0 Å². The third-order valence-corrected chi connectivity index (χ3v) is 3.64. The molecule has 0 bridgehead atoms. The summed E-state index contributed by atoms with van der Waals surface area (Å²) in [5.74, 6) is 0.731. The molecule has 0 spiro atoms. The molecule has 5 nitrogen and oxygen atoms in total. The summed E-state index contributed by atoms with van der Waals surface area (Å²) < 4.78 is 5.20. The van der Waals surface area contributed by atoms with Crippen LogP contribution in [-0.4, -0.2) is 36.4 Å². The highest BCUT2D eigenvalue weighted by molar-refractivity contribution is 5.89. The average molecular weight is 290 g/mol. The Hall–Kier alpha value is -2.04. The van der Waals surface area contributed by atoms with Gasteiger partial charge in [0.2, 0.25) is 11.8 Å². The lowest BCUT2D eigenvalue weighted by atomic mass is 10.1. The number of nitrogens with one attached hydrogen (secondary N) is 1. The van der Waals surface area contributed by atoms with Gasteiger partial charge >= 0.3 is 0 Å². The number of carbonyl (C=O) groups is 2. The van der Waals surface area contributed by atoms with Gasteiger partial charge in [-0.3, -0.25) is 9.59 Å². The molecule has 2 rings (SSSR count). The largest absolute Gasteiger partial charge is 0.497 e. The minimum atomic E-state index is -0.393. The van der Waals surface area contributed by atoms with E-state index in [1.54, 1.807) is 12.0 Å². The molecule has 1 aliphatic heterocycles. The summed E-state index contributed by atoms with van der Waals surface area (Å²) >= 11 is 0. The minimum absolute atomic E-state index is 0.00511. The van der Waals surface area contributed by atoms with E-state index in [2.05, 4.69) is 5.32 Å². The molecule has 21 heavy (non-hydrogen) atoms. The fourth-order valence-electron chi connectivity index (χ4n) is 2.53. The zero-order valence-electron chi connectivity index (χ0n) is 12.6. The van der Waals surface area contributed by atoms with Crippen molar-refractivity contribution in [2.24, 2.45) is 0 Å². The lowest BCUT2D eigenvalue weighted by Crippen LogP contribution is -2.44. The number of amides is 2. The lowest BCUT2D eigenvalue weighted by molar-refractivity contribution is -0.134. The van der Waals surface area contributed by atoms with Crippen molar-refractivity contribution < 1.29 is 14.3 Å². The van der Waals surface area contributed by atoms with E-state index in [-0.39, 0.29) is 11.8 Å². The fourth-order valence-corrected chi connectivity index (χ4v) is 2.53. The zero-order valence-corrected chi connectivity index (χ0v) is 12.6. The van der Waals surface area contributed by atoms with Gasteiger partial charge in [-0.2, -0.15) is 0 Å². The van der Waals surface area contributed by atoms with Crippen LogP contribution in [-0.2, 0) is 16.1 Å². The van der Waals surface area contributed by atoms with Gasteiger partial charge < -0.3 is 15.0 Å². The van der Waals surface area contributed by atoms with E-state index in [0.29, 0.717) is 25.9 Å². The van der Waals surface area contributed by atoms with Gasteiger partial charge in [0.05, 0.1) is 7.11 Å². The smallest absolute Gasteiger partial charge is 0.245 e. The van der Waals surface area contributed by atoms with Gasteiger partial charge in [-0.25, -0.2) is 0 Å². The Bertz CT molecular complexity index is 516. The first-order valence-electron chi connectivity index (χ1n) is 7.35. The van der Waals surface area contributed by atoms with Crippen molar-refractivity contribution in [1.82, 2.24) is 10.2 Å². The van der Waals surface area contributed by atoms with E-state index in [0.717, 1.165) is 17.7 Å². The van der Waals surface area contributed by atoms with Crippen LogP contribution in [0.5, 0.6) is 5.75 Å². The monoisotopic (exact) mass is 290 g/mol. The minimum Gasteiger partial charge on any atom is -0.497 e. The molecular formula is C16H22N2O3. The second kappa shape index (κ2) is 7.11.